The van der Waals surface area contributed by atoms with Gasteiger partial charge >= 0.3 is 5.97 Å². The first-order valence-electron chi connectivity index (χ1n) is 7.80. The highest BCUT2D eigenvalue weighted by molar-refractivity contribution is 5.78. The quantitative estimate of drug-likeness (QED) is 0.737. The molecule has 2 unspecified atom stereocenters. The molecule has 0 aromatic rings. The number of carboxylic acid groups (broad SMARTS) is 1. The van der Waals surface area contributed by atoms with Crippen molar-refractivity contribution >= 4 is 5.97 Å². The number of hydrogen-bond acceptors (Lipinski definition) is 4. The molecule has 5 heteroatoms. The minimum Gasteiger partial charge on any atom is -0.480 e. The van der Waals surface area contributed by atoms with E-state index in [0.29, 0.717) is 18.9 Å². The van der Waals surface area contributed by atoms with E-state index in [0.717, 1.165) is 32.6 Å². The highest BCUT2D eigenvalue weighted by Crippen LogP contribution is 2.19. The molecular weight excluding hydrogens is 254 g/mol. The smallest absolute Gasteiger partial charge is 0.323 e. The number of carboxylic acids is 1. The van der Waals surface area contributed by atoms with Gasteiger partial charge in [-0.1, -0.05) is 6.92 Å². The number of nitrogens with zero attached hydrogens (tertiary/aromatic N) is 2. The van der Waals surface area contributed by atoms with Crippen LogP contribution in [-0.2, 0) is 4.79 Å². The van der Waals surface area contributed by atoms with Crippen LogP contribution in [0.4, 0.5) is 0 Å². The van der Waals surface area contributed by atoms with Crippen molar-refractivity contribution in [1.82, 2.24) is 15.1 Å². The maximum atomic E-state index is 11.4. The van der Waals surface area contributed by atoms with Gasteiger partial charge in [0.1, 0.15) is 5.54 Å². The summed E-state index contributed by atoms with van der Waals surface area (Å²) in [6, 6.07) is 0.554. The first-order chi connectivity index (χ1) is 9.45. The lowest BCUT2D eigenvalue weighted by Gasteiger charge is -2.31. The molecule has 1 aliphatic rings. The largest absolute Gasteiger partial charge is 0.480 e. The maximum absolute atomic E-state index is 11.4. The highest BCUT2D eigenvalue weighted by Gasteiger charge is 2.34. The van der Waals surface area contributed by atoms with Crippen LogP contribution < -0.4 is 5.32 Å². The molecule has 1 aliphatic heterocycles. The second-order valence-corrected chi connectivity index (χ2v) is 6.10. The summed E-state index contributed by atoms with van der Waals surface area (Å²) in [6.45, 7) is 8.58. The van der Waals surface area contributed by atoms with Crippen molar-refractivity contribution in [2.75, 3.05) is 40.3 Å². The van der Waals surface area contributed by atoms with Gasteiger partial charge < -0.3 is 15.3 Å². The van der Waals surface area contributed by atoms with E-state index in [1.165, 1.54) is 6.42 Å². The molecule has 0 aromatic carbocycles. The Morgan fingerprint density at radius 2 is 2.15 bits per heavy atom. The molecule has 0 bridgehead atoms. The minimum atomic E-state index is -0.758. The Bertz CT molecular complexity index is 305. The Hall–Kier alpha value is -0.650. The first kappa shape index (κ1) is 17.4. The lowest BCUT2D eigenvalue weighted by Crippen LogP contribution is -2.50. The molecule has 0 aliphatic carbocycles. The normalized spacial score (nSPS) is 25.1. The summed E-state index contributed by atoms with van der Waals surface area (Å²) in [4.78, 5) is 16.3. The molecule has 0 spiro atoms. The zero-order chi connectivity index (χ0) is 15.2. The molecule has 0 saturated carbocycles. The summed E-state index contributed by atoms with van der Waals surface area (Å²) < 4.78 is 0. The van der Waals surface area contributed by atoms with Gasteiger partial charge in [0.25, 0.3) is 0 Å². The Balaban J connectivity index is 2.47. The monoisotopic (exact) mass is 285 g/mol. The van der Waals surface area contributed by atoms with Crippen LogP contribution in [-0.4, -0.2) is 72.7 Å². The number of aliphatic carboxylic acids is 1. The van der Waals surface area contributed by atoms with E-state index < -0.39 is 11.5 Å². The molecular formula is C15H31N3O2. The van der Waals surface area contributed by atoms with E-state index in [1.807, 2.05) is 6.92 Å². The van der Waals surface area contributed by atoms with Crippen molar-refractivity contribution in [1.29, 1.82) is 0 Å². The fourth-order valence-corrected chi connectivity index (χ4v) is 3.18. The number of carbonyl (C=O) groups is 1. The molecule has 118 valence electrons. The van der Waals surface area contributed by atoms with Gasteiger partial charge in [-0.25, -0.2) is 0 Å². The molecule has 1 rings (SSSR count). The first-order valence-corrected chi connectivity index (χ1v) is 7.80. The van der Waals surface area contributed by atoms with Gasteiger partial charge in [-0.3, -0.25) is 9.69 Å². The molecule has 1 saturated heterocycles. The Kier molecular flexibility index (Phi) is 6.92. The number of hydrogen-bond donors (Lipinski definition) is 2. The van der Waals surface area contributed by atoms with E-state index in [9.17, 15) is 9.90 Å². The molecule has 0 amide bonds. The Morgan fingerprint density at radius 3 is 2.70 bits per heavy atom. The number of likely N-dealkylation sites (N-methyl/N-ethyl adjacent to an activating group) is 2. The van der Waals surface area contributed by atoms with Gasteiger partial charge in [0, 0.05) is 12.6 Å². The summed E-state index contributed by atoms with van der Waals surface area (Å²) in [6.07, 6.45) is 3.44. The predicted octanol–water partition coefficient (Wildman–Crippen LogP) is 1.25. The third kappa shape index (κ3) is 4.43. The van der Waals surface area contributed by atoms with Gasteiger partial charge in [-0.15, -0.1) is 0 Å². The standard InChI is InChI=1S/C15H31N3O2/c1-5-15(16-3,14(19)20)8-6-10-18-11-7-9-17(4)12-13(18)2/h13,16H,5-12H2,1-4H3,(H,19,20). The summed E-state index contributed by atoms with van der Waals surface area (Å²) in [5, 5.41) is 12.4. The number of nitrogens with one attached hydrogen (secondary N) is 1. The molecule has 1 heterocycles. The Labute approximate surface area is 123 Å². The van der Waals surface area contributed by atoms with Crippen molar-refractivity contribution in [2.24, 2.45) is 0 Å². The van der Waals surface area contributed by atoms with Crippen molar-refractivity contribution in [3.8, 4) is 0 Å². The molecule has 2 N–H and O–H groups in total. The van der Waals surface area contributed by atoms with Gasteiger partial charge in [-0.05, 0) is 66.3 Å². The van der Waals surface area contributed by atoms with E-state index in [-0.39, 0.29) is 0 Å². The number of rotatable bonds is 7. The lowest BCUT2D eigenvalue weighted by molar-refractivity contribution is -0.145. The van der Waals surface area contributed by atoms with E-state index in [2.05, 4.69) is 29.1 Å². The second kappa shape index (κ2) is 7.96. The van der Waals surface area contributed by atoms with E-state index in [1.54, 1.807) is 7.05 Å². The van der Waals surface area contributed by atoms with Crippen LogP contribution in [0.15, 0.2) is 0 Å². The van der Waals surface area contributed by atoms with E-state index in [4.69, 9.17) is 0 Å². The second-order valence-electron chi connectivity index (χ2n) is 6.10. The van der Waals surface area contributed by atoms with Crippen LogP contribution >= 0.6 is 0 Å². The van der Waals surface area contributed by atoms with Crippen LogP contribution in [0.25, 0.3) is 0 Å². The average Bonchev–Trinajstić information content (AvgIpc) is 2.56. The molecule has 5 nitrogen and oxygen atoms in total. The van der Waals surface area contributed by atoms with Crippen LogP contribution in [0, 0.1) is 0 Å². The van der Waals surface area contributed by atoms with Crippen LogP contribution in [0.1, 0.15) is 39.5 Å². The SMILES string of the molecule is CCC(CCCN1CCCN(C)CC1C)(NC)C(=O)O. The van der Waals surface area contributed by atoms with Crippen LogP contribution in [0.5, 0.6) is 0 Å². The molecule has 1 fully saturated rings. The van der Waals surface area contributed by atoms with Crippen molar-refractivity contribution in [2.45, 2.75) is 51.1 Å². The highest BCUT2D eigenvalue weighted by atomic mass is 16.4. The summed E-state index contributed by atoms with van der Waals surface area (Å²) in [5.74, 6) is -0.730. The minimum absolute atomic E-state index is 0.554. The summed E-state index contributed by atoms with van der Waals surface area (Å²) >= 11 is 0. The molecule has 0 aromatic heterocycles. The van der Waals surface area contributed by atoms with Crippen molar-refractivity contribution in [3.05, 3.63) is 0 Å². The fourth-order valence-electron chi connectivity index (χ4n) is 3.18. The van der Waals surface area contributed by atoms with Crippen LogP contribution in [0.2, 0.25) is 0 Å². The third-order valence-corrected chi connectivity index (χ3v) is 4.72. The zero-order valence-corrected chi connectivity index (χ0v) is 13.5. The maximum Gasteiger partial charge on any atom is 0.323 e. The van der Waals surface area contributed by atoms with Gasteiger partial charge in [0.15, 0.2) is 0 Å². The molecule has 0 radical (unpaired) electrons. The average molecular weight is 285 g/mol. The van der Waals surface area contributed by atoms with Gasteiger partial charge in [0.05, 0.1) is 0 Å². The van der Waals surface area contributed by atoms with Gasteiger partial charge in [0.2, 0.25) is 0 Å². The topological polar surface area (TPSA) is 55.8 Å². The molecule has 20 heavy (non-hydrogen) atoms. The predicted molar refractivity (Wildman–Crippen MR) is 82.1 cm³/mol. The third-order valence-electron chi connectivity index (χ3n) is 4.72. The zero-order valence-electron chi connectivity index (χ0n) is 13.5. The van der Waals surface area contributed by atoms with Crippen molar-refractivity contribution < 1.29 is 9.90 Å². The summed E-state index contributed by atoms with van der Waals surface area (Å²) in [7, 11) is 3.93. The summed E-state index contributed by atoms with van der Waals surface area (Å²) in [5.41, 5.74) is -0.758. The van der Waals surface area contributed by atoms with Gasteiger partial charge in [-0.2, -0.15) is 0 Å². The van der Waals surface area contributed by atoms with Crippen molar-refractivity contribution in [3.63, 3.8) is 0 Å². The lowest BCUT2D eigenvalue weighted by atomic mass is 9.90. The van der Waals surface area contributed by atoms with E-state index >= 15 is 0 Å². The molecule has 2 atom stereocenters. The van der Waals surface area contributed by atoms with Crippen LogP contribution in [0.3, 0.4) is 0 Å². The Morgan fingerprint density at radius 1 is 1.45 bits per heavy atom. The fraction of sp³-hybridized carbons (Fsp3) is 0.933.